The Morgan fingerprint density at radius 1 is 1.22 bits per heavy atom. The third-order valence-corrected chi connectivity index (χ3v) is 6.17. The van der Waals surface area contributed by atoms with Crippen LogP contribution in [0.3, 0.4) is 0 Å². The number of hydrogen-bond donors (Lipinski definition) is 2. The summed E-state index contributed by atoms with van der Waals surface area (Å²) in [6.07, 6.45) is 7.79. The second kappa shape index (κ2) is 5.35. The lowest BCUT2D eigenvalue weighted by Gasteiger charge is -2.54. The highest BCUT2D eigenvalue weighted by Gasteiger charge is 2.48. The third-order valence-electron chi connectivity index (χ3n) is 6.17. The third kappa shape index (κ3) is 2.44. The maximum absolute atomic E-state index is 12.6. The van der Waals surface area contributed by atoms with E-state index in [4.69, 9.17) is 0 Å². The van der Waals surface area contributed by atoms with Crippen molar-refractivity contribution < 1.29 is 14.7 Å². The number of carbonyl (C=O) groups excluding carboxylic acids is 1. The van der Waals surface area contributed by atoms with E-state index in [0.717, 1.165) is 11.8 Å². The number of carboxylic acids is 1. The fourth-order valence-corrected chi connectivity index (χ4v) is 5.35. The van der Waals surface area contributed by atoms with Crippen LogP contribution in [0, 0.1) is 23.7 Å². The van der Waals surface area contributed by atoms with E-state index >= 15 is 0 Å². The van der Waals surface area contributed by atoms with Crippen molar-refractivity contribution in [3.05, 3.63) is 18.0 Å². The van der Waals surface area contributed by atoms with Crippen molar-refractivity contribution in [2.45, 2.75) is 51.1 Å². The van der Waals surface area contributed by atoms with Gasteiger partial charge in [0.1, 0.15) is 11.7 Å². The topological polar surface area (TPSA) is 84.2 Å². The van der Waals surface area contributed by atoms with Crippen molar-refractivity contribution in [2.75, 3.05) is 0 Å². The number of amides is 1. The molecule has 124 valence electrons. The van der Waals surface area contributed by atoms with Gasteiger partial charge in [-0.2, -0.15) is 5.10 Å². The van der Waals surface area contributed by atoms with Crippen molar-refractivity contribution in [2.24, 2.45) is 23.7 Å². The van der Waals surface area contributed by atoms with Crippen LogP contribution < -0.4 is 5.32 Å². The normalized spacial score (nSPS) is 36.0. The van der Waals surface area contributed by atoms with Gasteiger partial charge in [0, 0.05) is 12.2 Å². The van der Waals surface area contributed by atoms with Gasteiger partial charge in [-0.05, 0) is 68.8 Å². The number of carboxylic acid groups (broad SMARTS) is 1. The minimum Gasteiger partial charge on any atom is -0.477 e. The number of aromatic carboxylic acids is 1. The van der Waals surface area contributed by atoms with Crippen LogP contribution in [0.15, 0.2) is 12.3 Å². The summed E-state index contributed by atoms with van der Waals surface area (Å²) in [5.74, 6) is 1.78. The van der Waals surface area contributed by atoms with E-state index in [1.165, 1.54) is 49.0 Å². The first kappa shape index (κ1) is 14.7. The van der Waals surface area contributed by atoms with E-state index in [1.54, 1.807) is 6.92 Å². The predicted octanol–water partition coefficient (Wildman–Crippen LogP) is 2.08. The Morgan fingerprint density at radius 3 is 2.39 bits per heavy atom. The maximum Gasteiger partial charge on any atom is 0.354 e. The molecule has 1 amide bonds. The van der Waals surface area contributed by atoms with E-state index in [-0.39, 0.29) is 17.6 Å². The molecule has 4 saturated carbocycles. The summed E-state index contributed by atoms with van der Waals surface area (Å²) in [5, 5.41) is 16.4. The Labute approximate surface area is 135 Å². The molecule has 0 spiro atoms. The van der Waals surface area contributed by atoms with E-state index < -0.39 is 12.0 Å². The molecule has 1 heterocycles. The van der Waals surface area contributed by atoms with Gasteiger partial charge in [-0.3, -0.25) is 4.79 Å². The van der Waals surface area contributed by atoms with Crippen LogP contribution in [0.5, 0.6) is 0 Å². The minimum absolute atomic E-state index is 0.0535. The Balaban J connectivity index is 1.47. The summed E-state index contributed by atoms with van der Waals surface area (Å²) in [7, 11) is 0. The fourth-order valence-electron chi connectivity index (χ4n) is 5.35. The second-order valence-electron chi connectivity index (χ2n) is 7.61. The Morgan fingerprint density at radius 2 is 1.83 bits per heavy atom. The average Bonchev–Trinajstić information content (AvgIpc) is 2.99. The molecule has 1 atom stereocenters. The number of hydrogen-bond acceptors (Lipinski definition) is 3. The number of carbonyl (C=O) groups is 2. The molecule has 0 aliphatic heterocycles. The van der Waals surface area contributed by atoms with Crippen molar-refractivity contribution in [3.63, 3.8) is 0 Å². The smallest absolute Gasteiger partial charge is 0.354 e. The Kier molecular flexibility index (Phi) is 3.43. The summed E-state index contributed by atoms with van der Waals surface area (Å²) >= 11 is 0. The number of rotatable bonds is 4. The van der Waals surface area contributed by atoms with Crippen LogP contribution >= 0.6 is 0 Å². The molecular formula is C17H23N3O3. The molecule has 4 bridgehead atoms. The number of nitrogens with zero attached hydrogens (tertiary/aromatic N) is 2. The summed E-state index contributed by atoms with van der Waals surface area (Å²) < 4.78 is 1.30. The standard InChI is InChI=1S/C17H23N3O3/c1-9(20-14(17(22)23)2-3-18-20)16(21)19-15-12-5-10-4-11(7-12)8-13(15)6-10/h2-3,9-13,15H,4-8H2,1H3,(H,19,21)(H,22,23). The van der Waals surface area contributed by atoms with Gasteiger partial charge in [-0.15, -0.1) is 0 Å². The largest absolute Gasteiger partial charge is 0.477 e. The molecule has 2 N–H and O–H groups in total. The Hall–Kier alpha value is -1.85. The van der Waals surface area contributed by atoms with Gasteiger partial charge in [-0.1, -0.05) is 0 Å². The SMILES string of the molecule is CC(C(=O)NC1C2CC3CC(C2)CC1C3)n1nccc1C(=O)O. The van der Waals surface area contributed by atoms with Crippen LogP contribution in [0.25, 0.3) is 0 Å². The van der Waals surface area contributed by atoms with Gasteiger partial charge in [0.15, 0.2) is 0 Å². The van der Waals surface area contributed by atoms with Gasteiger partial charge in [0.2, 0.25) is 5.91 Å². The monoisotopic (exact) mass is 317 g/mol. The first-order valence-corrected chi connectivity index (χ1v) is 8.60. The molecule has 1 aromatic rings. The quantitative estimate of drug-likeness (QED) is 0.890. The van der Waals surface area contributed by atoms with E-state index in [0.29, 0.717) is 11.8 Å². The zero-order valence-electron chi connectivity index (χ0n) is 13.3. The minimum atomic E-state index is -1.06. The zero-order valence-corrected chi connectivity index (χ0v) is 13.3. The first-order valence-electron chi connectivity index (χ1n) is 8.60. The average molecular weight is 317 g/mol. The molecule has 6 heteroatoms. The van der Waals surface area contributed by atoms with E-state index in [2.05, 4.69) is 10.4 Å². The lowest BCUT2D eigenvalue weighted by Crippen LogP contribution is -2.56. The Bertz CT molecular complexity index is 611. The van der Waals surface area contributed by atoms with E-state index in [9.17, 15) is 14.7 Å². The summed E-state index contributed by atoms with van der Waals surface area (Å²) in [4.78, 5) is 23.9. The fraction of sp³-hybridized carbons (Fsp3) is 0.706. The molecule has 0 radical (unpaired) electrons. The van der Waals surface area contributed by atoms with Crippen LogP contribution in [-0.2, 0) is 4.79 Å². The predicted molar refractivity (Wildman–Crippen MR) is 82.9 cm³/mol. The van der Waals surface area contributed by atoms with Crippen molar-refractivity contribution in [3.8, 4) is 0 Å². The summed E-state index contributed by atoms with van der Waals surface area (Å²) in [5.41, 5.74) is 0.0535. The zero-order chi connectivity index (χ0) is 16.1. The molecule has 4 aliphatic carbocycles. The van der Waals surface area contributed by atoms with Gasteiger partial charge in [0.25, 0.3) is 0 Å². The van der Waals surface area contributed by atoms with Crippen molar-refractivity contribution in [1.29, 1.82) is 0 Å². The molecule has 1 unspecified atom stereocenters. The molecule has 0 saturated heterocycles. The molecule has 4 fully saturated rings. The highest BCUT2D eigenvalue weighted by Crippen LogP contribution is 2.53. The maximum atomic E-state index is 12.6. The molecule has 23 heavy (non-hydrogen) atoms. The lowest BCUT2D eigenvalue weighted by molar-refractivity contribution is -0.128. The van der Waals surface area contributed by atoms with Gasteiger partial charge >= 0.3 is 5.97 Å². The van der Waals surface area contributed by atoms with Crippen LogP contribution in [0.1, 0.15) is 55.6 Å². The van der Waals surface area contributed by atoms with Crippen molar-refractivity contribution >= 4 is 11.9 Å². The van der Waals surface area contributed by atoms with Gasteiger partial charge in [0.05, 0.1) is 0 Å². The molecular weight excluding hydrogens is 294 g/mol. The highest BCUT2D eigenvalue weighted by molar-refractivity contribution is 5.87. The van der Waals surface area contributed by atoms with Crippen LogP contribution in [0.4, 0.5) is 0 Å². The van der Waals surface area contributed by atoms with Gasteiger partial charge < -0.3 is 10.4 Å². The van der Waals surface area contributed by atoms with Gasteiger partial charge in [-0.25, -0.2) is 9.48 Å². The van der Waals surface area contributed by atoms with E-state index in [1.807, 2.05) is 0 Å². The number of nitrogens with one attached hydrogen (secondary N) is 1. The summed E-state index contributed by atoms with van der Waals surface area (Å²) in [6.45, 7) is 1.71. The number of aromatic nitrogens is 2. The molecule has 4 aliphatic rings. The molecule has 6 nitrogen and oxygen atoms in total. The highest BCUT2D eigenvalue weighted by atomic mass is 16.4. The summed E-state index contributed by atoms with van der Waals surface area (Å²) in [6, 6.07) is 1.09. The first-order chi connectivity index (χ1) is 11.0. The second-order valence-corrected chi connectivity index (χ2v) is 7.61. The van der Waals surface area contributed by atoms with Crippen LogP contribution in [0.2, 0.25) is 0 Å². The lowest BCUT2D eigenvalue weighted by atomic mass is 9.54. The molecule has 5 rings (SSSR count). The molecule has 0 aromatic carbocycles. The molecule has 1 aromatic heterocycles. The van der Waals surface area contributed by atoms with Crippen LogP contribution in [-0.4, -0.2) is 32.8 Å². The van der Waals surface area contributed by atoms with Crippen molar-refractivity contribution in [1.82, 2.24) is 15.1 Å².